The van der Waals surface area contributed by atoms with Crippen molar-refractivity contribution >= 4 is 0 Å². The molecule has 16 heavy (non-hydrogen) atoms. The fourth-order valence-electron chi connectivity index (χ4n) is 1.50. The van der Waals surface area contributed by atoms with E-state index in [9.17, 15) is 0 Å². The van der Waals surface area contributed by atoms with Gasteiger partial charge in [0, 0.05) is 21.3 Å². The first-order valence-corrected chi connectivity index (χ1v) is 4.98. The zero-order valence-corrected chi connectivity index (χ0v) is 10.1. The summed E-state index contributed by atoms with van der Waals surface area (Å²) in [6.45, 7) is 0. The molecule has 0 saturated heterocycles. The van der Waals surface area contributed by atoms with Crippen molar-refractivity contribution in [3.8, 4) is 5.75 Å². The first-order chi connectivity index (χ1) is 7.69. The highest BCUT2D eigenvalue weighted by Crippen LogP contribution is 2.21. The third-order valence-electron chi connectivity index (χ3n) is 2.49. The lowest BCUT2D eigenvalue weighted by Crippen LogP contribution is -2.38. The fourth-order valence-corrected chi connectivity index (χ4v) is 1.50. The van der Waals surface area contributed by atoms with E-state index in [2.05, 4.69) is 0 Å². The van der Waals surface area contributed by atoms with E-state index in [-0.39, 0.29) is 0 Å². The predicted molar refractivity (Wildman–Crippen MR) is 60.5 cm³/mol. The van der Waals surface area contributed by atoms with E-state index in [1.807, 2.05) is 24.3 Å². The van der Waals surface area contributed by atoms with Gasteiger partial charge in [0.25, 0.3) is 5.97 Å². The van der Waals surface area contributed by atoms with Crippen molar-refractivity contribution in [2.24, 2.45) is 0 Å². The molecule has 0 atom stereocenters. The van der Waals surface area contributed by atoms with Crippen molar-refractivity contribution in [1.29, 1.82) is 0 Å². The quantitative estimate of drug-likeness (QED) is 0.693. The third kappa shape index (κ3) is 2.95. The summed E-state index contributed by atoms with van der Waals surface area (Å²) in [4.78, 5) is 0. The van der Waals surface area contributed by atoms with Crippen LogP contribution in [-0.4, -0.2) is 34.4 Å². The molecule has 0 aliphatic carbocycles. The minimum Gasteiger partial charge on any atom is -0.497 e. The zero-order valence-electron chi connectivity index (χ0n) is 10.1. The minimum atomic E-state index is -1.04. The molecule has 0 aromatic heterocycles. The Kier molecular flexibility index (Phi) is 4.73. The molecule has 90 valence electrons. The van der Waals surface area contributed by atoms with Crippen molar-refractivity contribution in [2.75, 3.05) is 28.4 Å². The maximum absolute atomic E-state index is 5.23. The first kappa shape index (κ1) is 13.0. The largest absolute Gasteiger partial charge is 0.497 e. The highest BCUT2D eigenvalue weighted by atomic mass is 16.9. The maximum atomic E-state index is 5.23. The molecule has 1 rings (SSSR count). The van der Waals surface area contributed by atoms with Crippen LogP contribution in [0.5, 0.6) is 5.75 Å². The zero-order chi connectivity index (χ0) is 12.0. The topological polar surface area (TPSA) is 36.9 Å². The Hall–Kier alpha value is -1.10. The molecule has 0 aliphatic heterocycles. The highest BCUT2D eigenvalue weighted by molar-refractivity contribution is 5.28. The summed E-state index contributed by atoms with van der Waals surface area (Å²) in [5.74, 6) is -0.235. The molecule has 1 aromatic carbocycles. The van der Waals surface area contributed by atoms with Crippen LogP contribution in [0.3, 0.4) is 0 Å². The number of rotatable bonds is 6. The summed E-state index contributed by atoms with van der Waals surface area (Å²) in [5.41, 5.74) is 1.02. The van der Waals surface area contributed by atoms with Crippen LogP contribution < -0.4 is 4.74 Å². The summed E-state index contributed by atoms with van der Waals surface area (Å²) >= 11 is 0. The van der Waals surface area contributed by atoms with E-state index in [1.165, 1.54) is 0 Å². The number of methoxy groups -OCH3 is 4. The monoisotopic (exact) mass is 226 g/mol. The van der Waals surface area contributed by atoms with Crippen LogP contribution in [0, 0.1) is 0 Å². The lowest BCUT2D eigenvalue weighted by Gasteiger charge is -2.28. The van der Waals surface area contributed by atoms with Crippen LogP contribution in [0.2, 0.25) is 0 Å². The Labute approximate surface area is 96.1 Å². The molecule has 0 radical (unpaired) electrons. The average molecular weight is 226 g/mol. The minimum absolute atomic E-state index is 0.494. The van der Waals surface area contributed by atoms with Crippen LogP contribution in [0.1, 0.15) is 5.56 Å². The van der Waals surface area contributed by atoms with Gasteiger partial charge in [-0.25, -0.2) is 0 Å². The molecule has 0 N–H and O–H groups in total. The van der Waals surface area contributed by atoms with E-state index >= 15 is 0 Å². The molecule has 0 aliphatic rings. The Morgan fingerprint density at radius 1 is 1.00 bits per heavy atom. The Balaban J connectivity index is 2.84. The predicted octanol–water partition coefficient (Wildman–Crippen LogP) is 1.83. The van der Waals surface area contributed by atoms with E-state index in [4.69, 9.17) is 18.9 Å². The second-order valence-electron chi connectivity index (χ2n) is 3.32. The molecule has 4 nitrogen and oxygen atoms in total. The summed E-state index contributed by atoms with van der Waals surface area (Å²) in [6, 6.07) is 7.69. The van der Waals surface area contributed by atoms with Gasteiger partial charge in [0.15, 0.2) is 0 Å². The van der Waals surface area contributed by atoms with Crippen LogP contribution >= 0.6 is 0 Å². The molecule has 0 spiro atoms. The van der Waals surface area contributed by atoms with Crippen molar-refractivity contribution in [3.05, 3.63) is 29.8 Å². The smallest absolute Gasteiger partial charge is 0.286 e. The summed E-state index contributed by atoms with van der Waals surface area (Å²) < 4.78 is 20.8. The SMILES string of the molecule is COc1cccc(CC(OC)(OC)OC)c1. The molecule has 4 heteroatoms. The van der Waals surface area contributed by atoms with Gasteiger partial charge in [-0.1, -0.05) is 12.1 Å². The van der Waals surface area contributed by atoms with Gasteiger partial charge in [0.2, 0.25) is 0 Å². The molecule has 0 bridgehead atoms. The molecule has 0 fully saturated rings. The van der Waals surface area contributed by atoms with E-state index in [0.29, 0.717) is 6.42 Å². The van der Waals surface area contributed by atoms with Crippen LogP contribution in [0.25, 0.3) is 0 Å². The fraction of sp³-hybridized carbons (Fsp3) is 0.500. The van der Waals surface area contributed by atoms with Gasteiger partial charge in [-0.3, -0.25) is 0 Å². The lowest BCUT2D eigenvalue weighted by molar-refractivity contribution is -0.350. The molecular formula is C12H18O4. The number of hydrogen-bond acceptors (Lipinski definition) is 4. The number of benzene rings is 1. The highest BCUT2D eigenvalue weighted by Gasteiger charge is 2.29. The maximum Gasteiger partial charge on any atom is 0.286 e. The van der Waals surface area contributed by atoms with Gasteiger partial charge in [-0.15, -0.1) is 0 Å². The summed E-state index contributed by atoms with van der Waals surface area (Å²) in [5, 5.41) is 0. The molecule has 0 saturated carbocycles. The van der Waals surface area contributed by atoms with Crippen molar-refractivity contribution in [3.63, 3.8) is 0 Å². The average Bonchev–Trinajstić information content (AvgIpc) is 2.36. The van der Waals surface area contributed by atoms with Gasteiger partial charge in [-0.05, 0) is 17.7 Å². The van der Waals surface area contributed by atoms with Gasteiger partial charge >= 0.3 is 0 Å². The van der Waals surface area contributed by atoms with Gasteiger partial charge in [-0.2, -0.15) is 0 Å². The molecule has 1 aromatic rings. The summed E-state index contributed by atoms with van der Waals surface area (Å²) in [6.07, 6.45) is 0.494. The Morgan fingerprint density at radius 3 is 2.12 bits per heavy atom. The van der Waals surface area contributed by atoms with Crippen molar-refractivity contribution in [2.45, 2.75) is 12.4 Å². The Morgan fingerprint density at radius 2 is 1.62 bits per heavy atom. The number of ether oxygens (including phenoxy) is 4. The second-order valence-corrected chi connectivity index (χ2v) is 3.32. The molecular weight excluding hydrogens is 208 g/mol. The van der Waals surface area contributed by atoms with Crippen molar-refractivity contribution in [1.82, 2.24) is 0 Å². The normalized spacial score (nSPS) is 11.5. The van der Waals surface area contributed by atoms with E-state index < -0.39 is 5.97 Å². The third-order valence-corrected chi connectivity index (χ3v) is 2.49. The molecule has 0 heterocycles. The van der Waals surface area contributed by atoms with Crippen LogP contribution in [-0.2, 0) is 20.6 Å². The van der Waals surface area contributed by atoms with E-state index in [0.717, 1.165) is 11.3 Å². The second kappa shape index (κ2) is 5.84. The molecule has 0 amide bonds. The van der Waals surface area contributed by atoms with E-state index in [1.54, 1.807) is 28.4 Å². The van der Waals surface area contributed by atoms with Gasteiger partial charge in [0.1, 0.15) is 5.75 Å². The number of hydrogen-bond donors (Lipinski definition) is 0. The van der Waals surface area contributed by atoms with Crippen LogP contribution in [0.4, 0.5) is 0 Å². The van der Waals surface area contributed by atoms with Gasteiger partial charge in [0.05, 0.1) is 13.5 Å². The lowest BCUT2D eigenvalue weighted by atomic mass is 10.1. The standard InChI is InChI=1S/C12H18O4/c1-13-11-7-5-6-10(8-11)9-12(14-2,15-3)16-4/h5-8H,9H2,1-4H3. The summed E-state index contributed by atoms with van der Waals surface area (Å²) in [7, 11) is 6.28. The van der Waals surface area contributed by atoms with Crippen molar-refractivity contribution < 1.29 is 18.9 Å². The van der Waals surface area contributed by atoms with Crippen LogP contribution in [0.15, 0.2) is 24.3 Å². The Bertz CT molecular complexity index is 312. The molecule has 0 unspecified atom stereocenters. The van der Waals surface area contributed by atoms with Gasteiger partial charge < -0.3 is 18.9 Å². The first-order valence-electron chi connectivity index (χ1n) is 4.98.